The lowest BCUT2D eigenvalue weighted by Crippen LogP contribution is -2.43. The fraction of sp³-hybridized carbons (Fsp3) is 1.00. The van der Waals surface area contributed by atoms with E-state index in [2.05, 4.69) is 13.8 Å². The van der Waals surface area contributed by atoms with E-state index >= 15 is 0 Å². The Morgan fingerprint density at radius 2 is 2.00 bits per heavy atom. The number of hydrogen-bond acceptors (Lipinski definition) is 2. The van der Waals surface area contributed by atoms with Gasteiger partial charge in [-0.15, -0.1) is 0 Å². The summed E-state index contributed by atoms with van der Waals surface area (Å²) < 4.78 is 5.06. The average molecular weight is 157 g/mol. The highest BCUT2D eigenvalue weighted by Gasteiger charge is 2.51. The molecule has 1 fully saturated rings. The van der Waals surface area contributed by atoms with Crippen LogP contribution in [0.2, 0.25) is 0 Å². The molecule has 0 aromatic rings. The molecule has 11 heavy (non-hydrogen) atoms. The van der Waals surface area contributed by atoms with Gasteiger partial charge in [0.15, 0.2) is 0 Å². The van der Waals surface area contributed by atoms with E-state index in [0.29, 0.717) is 5.41 Å². The molecule has 2 N–H and O–H groups in total. The molecule has 0 unspecified atom stereocenters. The zero-order valence-electron chi connectivity index (χ0n) is 7.81. The molecule has 2 heteroatoms. The fourth-order valence-corrected chi connectivity index (χ4v) is 1.66. The maximum absolute atomic E-state index is 6.06. The number of nitrogens with two attached hydrogens (primary N) is 1. The van der Waals surface area contributed by atoms with Gasteiger partial charge in [-0.25, -0.2) is 0 Å². The maximum atomic E-state index is 6.06. The molecular weight excluding hydrogens is 138 g/mol. The smallest absolute Gasteiger partial charge is 0.0468 e. The van der Waals surface area contributed by atoms with Gasteiger partial charge < -0.3 is 10.5 Å². The van der Waals surface area contributed by atoms with Crippen LogP contribution in [0.4, 0.5) is 0 Å². The van der Waals surface area contributed by atoms with Crippen molar-refractivity contribution >= 4 is 0 Å². The number of rotatable bonds is 4. The molecule has 1 aliphatic carbocycles. The van der Waals surface area contributed by atoms with Gasteiger partial charge in [0.25, 0.3) is 0 Å². The third kappa shape index (κ3) is 1.74. The van der Waals surface area contributed by atoms with Crippen molar-refractivity contribution in [1.29, 1.82) is 0 Å². The summed E-state index contributed by atoms with van der Waals surface area (Å²) in [5.74, 6) is 0. The summed E-state index contributed by atoms with van der Waals surface area (Å²) in [6.45, 7) is 5.09. The molecule has 0 aromatic heterocycles. The van der Waals surface area contributed by atoms with E-state index in [0.717, 1.165) is 13.0 Å². The minimum Gasteiger partial charge on any atom is -0.385 e. The Balaban J connectivity index is 2.41. The zero-order valence-corrected chi connectivity index (χ0v) is 7.81. The van der Waals surface area contributed by atoms with Crippen LogP contribution < -0.4 is 5.73 Å². The normalized spacial score (nSPS) is 21.8. The second kappa shape index (κ2) is 2.76. The summed E-state index contributed by atoms with van der Waals surface area (Å²) in [5.41, 5.74) is 6.43. The number of hydrogen-bond donors (Lipinski definition) is 1. The highest BCUT2D eigenvalue weighted by molar-refractivity contribution is 5.06. The Labute approximate surface area is 69.1 Å². The van der Waals surface area contributed by atoms with E-state index in [-0.39, 0.29) is 5.54 Å². The zero-order chi connectivity index (χ0) is 8.54. The molecule has 0 aliphatic heterocycles. The van der Waals surface area contributed by atoms with Crippen molar-refractivity contribution in [3.8, 4) is 0 Å². The second-order valence-corrected chi connectivity index (χ2v) is 4.24. The van der Waals surface area contributed by atoms with Crippen LogP contribution in [-0.4, -0.2) is 19.3 Å². The largest absolute Gasteiger partial charge is 0.385 e. The monoisotopic (exact) mass is 157 g/mol. The van der Waals surface area contributed by atoms with Crippen molar-refractivity contribution in [2.75, 3.05) is 13.7 Å². The molecule has 0 radical (unpaired) electrons. The van der Waals surface area contributed by atoms with Crippen molar-refractivity contribution in [2.45, 2.75) is 38.6 Å². The van der Waals surface area contributed by atoms with Crippen LogP contribution in [0.15, 0.2) is 0 Å². The molecule has 0 heterocycles. The first-order valence-corrected chi connectivity index (χ1v) is 4.30. The topological polar surface area (TPSA) is 35.2 Å². The van der Waals surface area contributed by atoms with Crippen molar-refractivity contribution in [3.05, 3.63) is 0 Å². The van der Waals surface area contributed by atoms with Crippen molar-refractivity contribution in [3.63, 3.8) is 0 Å². The average Bonchev–Trinajstić information content (AvgIpc) is 2.61. The Bertz CT molecular complexity index is 133. The maximum Gasteiger partial charge on any atom is 0.0468 e. The molecular formula is C9H19NO. The molecule has 0 atom stereocenters. The van der Waals surface area contributed by atoms with Crippen molar-refractivity contribution in [2.24, 2.45) is 11.1 Å². The van der Waals surface area contributed by atoms with Gasteiger partial charge in [0.1, 0.15) is 0 Å². The highest BCUT2D eigenvalue weighted by Crippen LogP contribution is 2.55. The lowest BCUT2D eigenvalue weighted by atomic mass is 9.83. The van der Waals surface area contributed by atoms with Gasteiger partial charge in [-0.05, 0) is 38.5 Å². The third-order valence-electron chi connectivity index (χ3n) is 3.01. The minimum absolute atomic E-state index is 0.0223. The Hall–Kier alpha value is -0.0800. The molecule has 66 valence electrons. The van der Waals surface area contributed by atoms with Crippen LogP contribution in [0, 0.1) is 5.41 Å². The first kappa shape index (κ1) is 9.01. The summed E-state index contributed by atoms with van der Waals surface area (Å²) in [7, 11) is 1.75. The molecule has 2 nitrogen and oxygen atoms in total. The van der Waals surface area contributed by atoms with Gasteiger partial charge in [0.2, 0.25) is 0 Å². The molecule has 1 aliphatic rings. The minimum atomic E-state index is -0.0223. The number of ether oxygens (including phenoxy) is 1. The first-order valence-electron chi connectivity index (χ1n) is 4.30. The Morgan fingerprint density at radius 1 is 1.45 bits per heavy atom. The molecule has 0 aromatic carbocycles. The summed E-state index contributed by atoms with van der Waals surface area (Å²) >= 11 is 0. The van der Waals surface area contributed by atoms with E-state index in [9.17, 15) is 0 Å². The van der Waals surface area contributed by atoms with E-state index in [1.165, 1.54) is 12.8 Å². The summed E-state index contributed by atoms with van der Waals surface area (Å²) in [6, 6.07) is 0. The summed E-state index contributed by atoms with van der Waals surface area (Å²) in [4.78, 5) is 0. The molecule has 0 saturated heterocycles. The van der Waals surface area contributed by atoms with Gasteiger partial charge in [-0.2, -0.15) is 0 Å². The molecule has 1 saturated carbocycles. The van der Waals surface area contributed by atoms with Crippen LogP contribution in [0.5, 0.6) is 0 Å². The van der Waals surface area contributed by atoms with E-state index in [1.807, 2.05) is 0 Å². The Morgan fingerprint density at radius 3 is 2.27 bits per heavy atom. The van der Waals surface area contributed by atoms with Crippen molar-refractivity contribution < 1.29 is 4.74 Å². The Kier molecular flexibility index (Phi) is 2.26. The number of methoxy groups -OCH3 is 1. The van der Waals surface area contributed by atoms with Gasteiger partial charge in [0.05, 0.1) is 0 Å². The third-order valence-corrected chi connectivity index (χ3v) is 3.01. The highest BCUT2D eigenvalue weighted by atomic mass is 16.5. The molecule has 1 rings (SSSR count). The van der Waals surface area contributed by atoms with Gasteiger partial charge >= 0.3 is 0 Å². The van der Waals surface area contributed by atoms with Crippen LogP contribution in [-0.2, 0) is 4.74 Å². The van der Waals surface area contributed by atoms with Crippen LogP contribution in [0.3, 0.4) is 0 Å². The standard InChI is InChI=1S/C9H19NO/c1-8(2,10)9(4-5-9)6-7-11-3/h4-7,10H2,1-3H3. The molecule has 0 spiro atoms. The van der Waals surface area contributed by atoms with Crippen LogP contribution >= 0.6 is 0 Å². The molecule has 0 bridgehead atoms. The van der Waals surface area contributed by atoms with Gasteiger partial charge in [-0.1, -0.05) is 0 Å². The van der Waals surface area contributed by atoms with Gasteiger partial charge in [-0.3, -0.25) is 0 Å². The van der Waals surface area contributed by atoms with Crippen LogP contribution in [0.1, 0.15) is 33.1 Å². The fourth-order valence-electron chi connectivity index (χ4n) is 1.66. The molecule has 0 amide bonds. The predicted octanol–water partition coefficient (Wildman–Crippen LogP) is 1.54. The van der Waals surface area contributed by atoms with E-state index < -0.39 is 0 Å². The summed E-state index contributed by atoms with van der Waals surface area (Å²) in [5, 5.41) is 0. The SMILES string of the molecule is COCCC1(C(C)(C)N)CC1. The van der Waals surface area contributed by atoms with Crippen molar-refractivity contribution in [1.82, 2.24) is 0 Å². The lowest BCUT2D eigenvalue weighted by molar-refractivity contribution is 0.147. The lowest BCUT2D eigenvalue weighted by Gasteiger charge is -2.30. The summed E-state index contributed by atoms with van der Waals surface area (Å²) in [6.07, 6.45) is 3.67. The van der Waals surface area contributed by atoms with Crippen LogP contribution in [0.25, 0.3) is 0 Å². The van der Waals surface area contributed by atoms with E-state index in [1.54, 1.807) is 7.11 Å². The van der Waals surface area contributed by atoms with Gasteiger partial charge in [0, 0.05) is 19.3 Å². The van der Waals surface area contributed by atoms with E-state index in [4.69, 9.17) is 10.5 Å². The predicted molar refractivity (Wildman–Crippen MR) is 46.4 cm³/mol. The quantitative estimate of drug-likeness (QED) is 0.672. The second-order valence-electron chi connectivity index (χ2n) is 4.24. The first-order chi connectivity index (χ1) is 5.02.